The first-order valence-corrected chi connectivity index (χ1v) is 7.10. The summed E-state index contributed by atoms with van der Waals surface area (Å²) < 4.78 is 10.7. The van der Waals surface area contributed by atoms with Crippen LogP contribution >= 0.6 is 11.6 Å². The number of esters is 1. The molecule has 0 spiro atoms. The van der Waals surface area contributed by atoms with Gasteiger partial charge in [0.25, 0.3) is 0 Å². The standard InChI is InChI=1S/C15H20ClNO3/c1-10-8-15(14(18)19-3,9-11(2)20-10)17-13-6-4-5-12(16)7-13/h4-7,10-11,17H,8-9H2,1-3H3. The molecule has 110 valence electrons. The minimum Gasteiger partial charge on any atom is -0.467 e. The van der Waals surface area contributed by atoms with Gasteiger partial charge in [0.2, 0.25) is 0 Å². The summed E-state index contributed by atoms with van der Waals surface area (Å²) in [4.78, 5) is 12.3. The van der Waals surface area contributed by atoms with E-state index in [1.165, 1.54) is 7.11 Å². The average molecular weight is 298 g/mol. The summed E-state index contributed by atoms with van der Waals surface area (Å²) in [6.07, 6.45) is 1.11. The van der Waals surface area contributed by atoms with Gasteiger partial charge in [-0.15, -0.1) is 0 Å². The zero-order chi connectivity index (χ0) is 14.8. The maximum atomic E-state index is 12.3. The predicted octanol–water partition coefficient (Wildman–Crippen LogP) is 3.25. The number of ether oxygens (including phenoxy) is 2. The molecule has 0 aromatic heterocycles. The van der Waals surface area contributed by atoms with Gasteiger partial charge >= 0.3 is 5.97 Å². The summed E-state index contributed by atoms with van der Waals surface area (Å²) in [5.41, 5.74) is 0.0421. The number of carbonyl (C=O) groups is 1. The van der Waals surface area contributed by atoms with Crippen molar-refractivity contribution in [2.45, 2.75) is 44.4 Å². The van der Waals surface area contributed by atoms with Crippen LogP contribution in [0, 0.1) is 0 Å². The Bertz CT molecular complexity index is 482. The Morgan fingerprint density at radius 2 is 2.05 bits per heavy atom. The molecule has 1 fully saturated rings. The molecule has 1 aromatic rings. The van der Waals surface area contributed by atoms with Crippen LogP contribution in [0.4, 0.5) is 5.69 Å². The lowest BCUT2D eigenvalue weighted by molar-refractivity contribution is -0.154. The highest BCUT2D eigenvalue weighted by Crippen LogP contribution is 2.33. The molecule has 1 aliphatic rings. The minimum absolute atomic E-state index is 0.00969. The second-order valence-corrected chi connectivity index (χ2v) is 5.81. The molecule has 2 rings (SSSR count). The van der Waals surface area contributed by atoms with Crippen LogP contribution in [0.15, 0.2) is 24.3 Å². The fourth-order valence-corrected chi connectivity index (χ4v) is 3.11. The monoisotopic (exact) mass is 297 g/mol. The number of anilines is 1. The molecule has 20 heavy (non-hydrogen) atoms. The molecule has 0 aliphatic carbocycles. The van der Waals surface area contributed by atoms with E-state index < -0.39 is 5.54 Å². The summed E-state index contributed by atoms with van der Waals surface area (Å²) in [5, 5.41) is 3.94. The van der Waals surface area contributed by atoms with E-state index in [-0.39, 0.29) is 18.2 Å². The average Bonchev–Trinajstić information content (AvgIpc) is 2.36. The molecule has 0 bridgehead atoms. The van der Waals surface area contributed by atoms with Gasteiger partial charge in [0, 0.05) is 23.6 Å². The van der Waals surface area contributed by atoms with Crippen molar-refractivity contribution < 1.29 is 14.3 Å². The molecule has 2 unspecified atom stereocenters. The van der Waals surface area contributed by atoms with Gasteiger partial charge in [0.05, 0.1) is 19.3 Å². The van der Waals surface area contributed by atoms with E-state index in [9.17, 15) is 4.79 Å². The largest absolute Gasteiger partial charge is 0.467 e. The van der Waals surface area contributed by atoms with E-state index in [0.29, 0.717) is 17.9 Å². The number of nitrogens with one attached hydrogen (secondary N) is 1. The number of methoxy groups -OCH3 is 1. The Hall–Kier alpha value is -1.26. The van der Waals surface area contributed by atoms with Crippen LogP contribution in [-0.2, 0) is 14.3 Å². The lowest BCUT2D eigenvalue weighted by atomic mass is 9.83. The van der Waals surface area contributed by atoms with E-state index in [1.54, 1.807) is 12.1 Å². The Balaban J connectivity index is 2.30. The molecule has 1 N–H and O–H groups in total. The van der Waals surface area contributed by atoms with Crippen molar-refractivity contribution in [2.24, 2.45) is 0 Å². The molecule has 0 amide bonds. The van der Waals surface area contributed by atoms with Crippen molar-refractivity contribution in [3.05, 3.63) is 29.3 Å². The molecule has 1 aromatic carbocycles. The number of carbonyl (C=O) groups excluding carboxylic acids is 1. The van der Waals surface area contributed by atoms with Gasteiger partial charge < -0.3 is 14.8 Å². The van der Waals surface area contributed by atoms with Crippen molar-refractivity contribution in [1.82, 2.24) is 0 Å². The maximum Gasteiger partial charge on any atom is 0.331 e. The van der Waals surface area contributed by atoms with E-state index in [2.05, 4.69) is 5.32 Å². The second-order valence-electron chi connectivity index (χ2n) is 5.37. The number of benzene rings is 1. The Labute approximate surface area is 124 Å². The lowest BCUT2D eigenvalue weighted by Crippen LogP contribution is -2.55. The first-order chi connectivity index (χ1) is 9.45. The van der Waals surface area contributed by atoms with Crippen molar-refractivity contribution in [3.8, 4) is 0 Å². The normalized spacial score (nSPS) is 29.8. The molecule has 0 saturated carbocycles. The minimum atomic E-state index is -0.767. The van der Waals surface area contributed by atoms with Gasteiger partial charge in [-0.2, -0.15) is 0 Å². The number of rotatable bonds is 3. The third-order valence-corrected chi connectivity index (χ3v) is 3.76. The van der Waals surface area contributed by atoms with Crippen LogP contribution in [-0.4, -0.2) is 30.8 Å². The molecule has 1 aliphatic heterocycles. The third-order valence-electron chi connectivity index (χ3n) is 3.52. The van der Waals surface area contributed by atoms with E-state index >= 15 is 0 Å². The van der Waals surface area contributed by atoms with Crippen LogP contribution in [0.2, 0.25) is 5.02 Å². The van der Waals surface area contributed by atoms with Crippen LogP contribution in [0.1, 0.15) is 26.7 Å². The van der Waals surface area contributed by atoms with Crippen LogP contribution in [0.25, 0.3) is 0 Å². The number of hydrogen-bond donors (Lipinski definition) is 1. The fraction of sp³-hybridized carbons (Fsp3) is 0.533. The van der Waals surface area contributed by atoms with Gasteiger partial charge in [-0.05, 0) is 32.0 Å². The molecule has 4 nitrogen and oxygen atoms in total. The Kier molecular flexibility index (Phi) is 4.55. The lowest BCUT2D eigenvalue weighted by Gasteiger charge is -2.41. The zero-order valence-corrected chi connectivity index (χ0v) is 12.7. The Morgan fingerprint density at radius 3 is 2.60 bits per heavy atom. The van der Waals surface area contributed by atoms with E-state index in [0.717, 1.165) is 5.69 Å². The smallest absolute Gasteiger partial charge is 0.331 e. The summed E-state index contributed by atoms with van der Waals surface area (Å²) in [7, 11) is 1.41. The van der Waals surface area contributed by atoms with Crippen LogP contribution < -0.4 is 5.32 Å². The van der Waals surface area contributed by atoms with Gasteiger partial charge in [0.15, 0.2) is 0 Å². The van der Waals surface area contributed by atoms with Crippen molar-refractivity contribution in [1.29, 1.82) is 0 Å². The fourth-order valence-electron chi connectivity index (χ4n) is 2.92. The summed E-state index contributed by atoms with van der Waals surface area (Å²) >= 11 is 6.00. The van der Waals surface area contributed by atoms with Gasteiger partial charge in [0.1, 0.15) is 5.54 Å². The first kappa shape index (κ1) is 15.1. The van der Waals surface area contributed by atoms with Crippen LogP contribution in [0.3, 0.4) is 0 Å². The van der Waals surface area contributed by atoms with E-state index in [1.807, 2.05) is 26.0 Å². The summed E-state index contributed by atoms with van der Waals surface area (Å²) in [5.74, 6) is -0.264. The van der Waals surface area contributed by atoms with Gasteiger partial charge in [-0.1, -0.05) is 17.7 Å². The molecule has 0 radical (unpaired) electrons. The SMILES string of the molecule is COC(=O)C1(Nc2cccc(Cl)c2)CC(C)OC(C)C1. The maximum absolute atomic E-state index is 12.3. The van der Waals surface area contributed by atoms with Gasteiger partial charge in [-0.3, -0.25) is 0 Å². The highest BCUT2D eigenvalue weighted by Gasteiger charge is 2.45. The molecule has 5 heteroatoms. The summed E-state index contributed by atoms with van der Waals surface area (Å²) in [6.45, 7) is 3.93. The molecule has 1 heterocycles. The van der Waals surface area contributed by atoms with Crippen molar-refractivity contribution in [2.75, 3.05) is 12.4 Å². The second kappa shape index (κ2) is 6.02. The highest BCUT2D eigenvalue weighted by atomic mass is 35.5. The molecular weight excluding hydrogens is 278 g/mol. The van der Waals surface area contributed by atoms with Crippen molar-refractivity contribution >= 4 is 23.3 Å². The van der Waals surface area contributed by atoms with E-state index in [4.69, 9.17) is 21.1 Å². The predicted molar refractivity (Wildman–Crippen MR) is 79.1 cm³/mol. The Morgan fingerprint density at radius 1 is 1.40 bits per heavy atom. The third kappa shape index (κ3) is 3.25. The summed E-state index contributed by atoms with van der Waals surface area (Å²) in [6, 6.07) is 7.34. The molecular formula is C15H20ClNO3. The number of halogens is 1. The zero-order valence-electron chi connectivity index (χ0n) is 12.0. The molecule has 2 atom stereocenters. The molecule has 1 saturated heterocycles. The van der Waals surface area contributed by atoms with Gasteiger partial charge in [-0.25, -0.2) is 4.79 Å². The highest BCUT2D eigenvalue weighted by molar-refractivity contribution is 6.30. The number of hydrogen-bond acceptors (Lipinski definition) is 4. The van der Waals surface area contributed by atoms with Crippen molar-refractivity contribution in [3.63, 3.8) is 0 Å². The quantitative estimate of drug-likeness (QED) is 0.870. The van der Waals surface area contributed by atoms with Crippen LogP contribution in [0.5, 0.6) is 0 Å². The first-order valence-electron chi connectivity index (χ1n) is 6.73. The topological polar surface area (TPSA) is 47.6 Å².